The lowest BCUT2D eigenvalue weighted by Gasteiger charge is -2.30. The van der Waals surface area contributed by atoms with E-state index in [1.165, 1.54) is 0 Å². The molecule has 0 amide bonds. The largest absolute Gasteiger partial charge is 0.375 e. The summed E-state index contributed by atoms with van der Waals surface area (Å²) in [6, 6.07) is 0. The van der Waals surface area contributed by atoms with Crippen molar-refractivity contribution in [2.24, 2.45) is 5.92 Å². The molecule has 2 aliphatic rings. The van der Waals surface area contributed by atoms with Crippen LogP contribution in [0.4, 0.5) is 0 Å². The van der Waals surface area contributed by atoms with Crippen LogP contribution in [-0.4, -0.2) is 24.9 Å². The van der Waals surface area contributed by atoms with Gasteiger partial charge in [0.25, 0.3) is 0 Å². The van der Waals surface area contributed by atoms with Gasteiger partial charge < -0.3 is 9.47 Å². The van der Waals surface area contributed by atoms with E-state index >= 15 is 0 Å². The van der Waals surface area contributed by atoms with E-state index in [2.05, 4.69) is 13.8 Å². The Hall–Kier alpha value is -0.0800. The summed E-state index contributed by atoms with van der Waals surface area (Å²) < 4.78 is 11.2. The molecule has 0 aromatic carbocycles. The summed E-state index contributed by atoms with van der Waals surface area (Å²) in [5, 5.41) is 0. The van der Waals surface area contributed by atoms with E-state index in [-0.39, 0.29) is 5.60 Å². The van der Waals surface area contributed by atoms with Crippen LogP contribution in [-0.2, 0) is 9.47 Å². The summed E-state index contributed by atoms with van der Waals surface area (Å²) in [6.07, 6.45) is 1.56. The Bertz CT molecular complexity index is 146. The van der Waals surface area contributed by atoms with Crippen molar-refractivity contribution in [1.82, 2.24) is 0 Å². The maximum Gasteiger partial charge on any atom is 0.0911 e. The van der Waals surface area contributed by atoms with Crippen LogP contribution in [0.5, 0.6) is 0 Å². The van der Waals surface area contributed by atoms with Gasteiger partial charge in [-0.2, -0.15) is 0 Å². The van der Waals surface area contributed by atoms with Gasteiger partial charge in [0.2, 0.25) is 0 Å². The Morgan fingerprint density at radius 1 is 1.50 bits per heavy atom. The van der Waals surface area contributed by atoms with Gasteiger partial charge in [-0.25, -0.2) is 0 Å². The van der Waals surface area contributed by atoms with E-state index in [9.17, 15) is 0 Å². The predicted octanol–water partition coefficient (Wildman–Crippen LogP) is 1.20. The Balaban J connectivity index is 2.12. The fraction of sp³-hybridized carbons (Fsp3) is 1.00. The zero-order valence-corrected chi connectivity index (χ0v) is 6.59. The Kier molecular flexibility index (Phi) is 1.29. The molecule has 2 fully saturated rings. The SMILES string of the molecule is C[C@@H]1CO[C@@]2(C)COC1C2. The number of hydrogen-bond acceptors (Lipinski definition) is 2. The lowest BCUT2D eigenvalue weighted by Crippen LogP contribution is -2.37. The third-order valence-corrected chi connectivity index (χ3v) is 2.57. The van der Waals surface area contributed by atoms with E-state index in [0.29, 0.717) is 12.0 Å². The molecule has 2 rings (SSSR count). The molecule has 2 saturated heterocycles. The van der Waals surface area contributed by atoms with Gasteiger partial charge in [0.1, 0.15) is 0 Å². The van der Waals surface area contributed by atoms with Gasteiger partial charge in [0.15, 0.2) is 0 Å². The minimum absolute atomic E-state index is 0.0528. The molecule has 0 saturated carbocycles. The van der Waals surface area contributed by atoms with Crippen molar-refractivity contribution >= 4 is 0 Å². The maximum atomic E-state index is 5.64. The molecule has 58 valence electrons. The van der Waals surface area contributed by atoms with Crippen LogP contribution in [0.1, 0.15) is 20.3 Å². The lowest BCUT2D eigenvalue weighted by atomic mass is 9.92. The summed E-state index contributed by atoms with van der Waals surface area (Å²) in [7, 11) is 0. The van der Waals surface area contributed by atoms with E-state index in [0.717, 1.165) is 19.6 Å². The molecule has 2 nitrogen and oxygen atoms in total. The second-order valence-corrected chi connectivity index (χ2v) is 3.79. The Morgan fingerprint density at radius 2 is 2.30 bits per heavy atom. The fourth-order valence-electron chi connectivity index (χ4n) is 1.73. The van der Waals surface area contributed by atoms with Crippen LogP contribution in [0, 0.1) is 5.92 Å². The maximum absolute atomic E-state index is 5.64. The average Bonchev–Trinajstić information content (AvgIpc) is 2.23. The van der Waals surface area contributed by atoms with Crippen molar-refractivity contribution in [3.05, 3.63) is 0 Å². The number of rotatable bonds is 0. The highest BCUT2D eigenvalue weighted by atomic mass is 16.6. The summed E-state index contributed by atoms with van der Waals surface area (Å²) in [6.45, 7) is 6.00. The van der Waals surface area contributed by atoms with E-state index in [1.54, 1.807) is 0 Å². The first-order valence-corrected chi connectivity index (χ1v) is 3.95. The van der Waals surface area contributed by atoms with Gasteiger partial charge in [-0.15, -0.1) is 0 Å². The first-order valence-electron chi connectivity index (χ1n) is 3.95. The molecule has 0 radical (unpaired) electrons. The van der Waals surface area contributed by atoms with Gasteiger partial charge in [-0.3, -0.25) is 0 Å². The number of fused-ring (bicyclic) bond motifs is 2. The van der Waals surface area contributed by atoms with Gasteiger partial charge in [0, 0.05) is 12.3 Å². The third kappa shape index (κ3) is 0.867. The predicted molar refractivity (Wildman–Crippen MR) is 37.9 cm³/mol. The lowest BCUT2D eigenvalue weighted by molar-refractivity contribution is -0.0585. The molecule has 2 heterocycles. The molecular formula is C8H14O2. The highest BCUT2D eigenvalue weighted by molar-refractivity contribution is 4.91. The molecular weight excluding hydrogens is 128 g/mol. The minimum Gasteiger partial charge on any atom is -0.375 e. The highest BCUT2D eigenvalue weighted by Crippen LogP contribution is 2.36. The molecule has 1 unspecified atom stereocenters. The average molecular weight is 142 g/mol. The van der Waals surface area contributed by atoms with Crippen LogP contribution in [0.2, 0.25) is 0 Å². The molecule has 10 heavy (non-hydrogen) atoms. The quantitative estimate of drug-likeness (QED) is 0.506. The van der Waals surface area contributed by atoms with Crippen LogP contribution in [0.3, 0.4) is 0 Å². The zero-order valence-electron chi connectivity index (χ0n) is 6.59. The van der Waals surface area contributed by atoms with E-state index in [1.807, 2.05) is 0 Å². The molecule has 0 spiro atoms. The first-order chi connectivity index (χ1) is 4.70. The van der Waals surface area contributed by atoms with Crippen LogP contribution >= 0.6 is 0 Å². The molecule has 0 aromatic rings. The normalized spacial score (nSPS) is 53.4. The van der Waals surface area contributed by atoms with Crippen molar-refractivity contribution in [3.8, 4) is 0 Å². The number of hydrogen-bond donors (Lipinski definition) is 0. The summed E-state index contributed by atoms with van der Waals surface area (Å²) in [5.41, 5.74) is 0.0528. The van der Waals surface area contributed by atoms with Crippen molar-refractivity contribution in [3.63, 3.8) is 0 Å². The molecule has 0 N–H and O–H groups in total. The second-order valence-electron chi connectivity index (χ2n) is 3.79. The molecule has 2 aliphatic heterocycles. The molecule has 0 aromatic heterocycles. The standard InChI is InChI=1S/C8H14O2/c1-6-4-10-8(2)3-7(6)9-5-8/h6-7H,3-5H2,1-2H3/t6-,7?,8-/m1/s1. The van der Waals surface area contributed by atoms with Gasteiger partial charge in [0.05, 0.1) is 24.9 Å². The summed E-state index contributed by atoms with van der Waals surface area (Å²) >= 11 is 0. The second kappa shape index (κ2) is 1.95. The first kappa shape index (κ1) is 6.62. The van der Waals surface area contributed by atoms with Crippen molar-refractivity contribution in [1.29, 1.82) is 0 Å². The topological polar surface area (TPSA) is 18.5 Å². The molecule has 0 aliphatic carbocycles. The smallest absolute Gasteiger partial charge is 0.0911 e. The van der Waals surface area contributed by atoms with Crippen LogP contribution in [0.25, 0.3) is 0 Å². The minimum atomic E-state index is 0.0528. The third-order valence-electron chi connectivity index (χ3n) is 2.57. The molecule has 3 atom stereocenters. The Morgan fingerprint density at radius 3 is 3.00 bits per heavy atom. The van der Waals surface area contributed by atoms with Crippen molar-refractivity contribution in [2.75, 3.05) is 13.2 Å². The van der Waals surface area contributed by atoms with Gasteiger partial charge in [-0.05, 0) is 6.92 Å². The van der Waals surface area contributed by atoms with Crippen molar-refractivity contribution < 1.29 is 9.47 Å². The summed E-state index contributed by atoms with van der Waals surface area (Å²) in [4.78, 5) is 0. The molecule has 2 heteroatoms. The van der Waals surface area contributed by atoms with Crippen molar-refractivity contribution in [2.45, 2.75) is 32.0 Å². The van der Waals surface area contributed by atoms with E-state index < -0.39 is 0 Å². The zero-order chi connectivity index (χ0) is 7.19. The van der Waals surface area contributed by atoms with Crippen LogP contribution in [0.15, 0.2) is 0 Å². The van der Waals surface area contributed by atoms with Gasteiger partial charge in [-0.1, -0.05) is 6.92 Å². The van der Waals surface area contributed by atoms with Crippen LogP contribution < -0.4 is 0 Å². The highest BCUT2D eigenvalue weighted by Gasteiger charge is 2.43. The van der Waals surface area contributed by atoms with Gasteiger partial charge >= 0.3 is 0 Å². The number of ether oxygens (including phenoxy) is 2. The van der Waals surface area contributed by atoms with E-state index in [4.69, 9.17) is 9.47 Å². The summed E-state index contributed by atoms with van der Waals surface area (Å²) in [5.74, 6) is 0.593. The monoisotopic (exact) mass is 142 g/mol. The Labute approximate surface area is 61.5 Å². The molecule has 2 bridgehead atoms. The fourth-order valence-corrected chi connectivity index (χ4v) is 1.73.